The van der Waals surface area contributed by atoms with E-state index in [-0.39, 0.29) is 5.92 Å². The number of furan rings is 1. The third-order valence-corrected chi connectivity index (χ3v) is 4.01. The van der Waals surface area contributed by atoms with E-state index in [0.29, 0.717) is 0 Å². The fourth-order valence-electron chi connectivity index (χ4n) is 2.96. The third-order valence-electron chi connectivity index (χ3n) is 4.01. The van der Waals surface area contributed by atoms with Crippen molar-refractivity contribution in [3.63, 3.8) is 0 Å². The largest absolute Gasteiger partial charge is 0.456 e. The maximum atomic E-state index is 5.95. The number of rotatable bonds is 2. The van der Waals surface area contributed by atoms with Gasteiger partial charge in [-0.15, -0.1) is 0 Å². The van der Waals surface area contributed by atoms with E-state index < -0.39 is 0 Å². The van der Waals surface area contributed by atoms with Crippen LogP contribution < -0.4 is 0 Å². The van der Waals surface area contributed by atoms with Crippen molar-refractivity contribution in [1.29, 1.82) is 0 Å². The van der Waals surface area contributed by atoms with Gasteiger partial charge in [0.15, 0.2) is 0 Å². The Kier molecular flexibility index (Phi) is 2.78. The van der Waals surface area contributed by atoms with Crippen molar-refractivity contribution in [2.24, 2.45) is 0 Å². The van der Waals surface area contributed by atoms with E-state index >= 15 is 0 Å². The maximum absolute atomic E-state index is 5.95. The Morgan fingerprint density at radius 2 is 1.43 bits per heavy atom. The fraction of sp³-hybridized carbons (Fsp3) is 0.0500. The van der Waals surface area contributed by atoms with Crippen LogP contribution in [0, 0.1) is 6.92 Å². The first kappa shape index (κ1) is 12.2. The van der Waals surface area contributed by atoms with Crippen molar-refractivity contribution >= 4 is 21.9 Å². The Balaban J connectivity index is 2.00. The van der Waals surface area contributed by atoms with Gasteiger partial charge >= 0.3 is 0 Å². The van der Waals surface area contributed by atoms with Gasteiger partial charge in [-0.25, -0.2) is 0 Å². The summed E-state index contributed by atoms with van der Waals surface area (Å²) in [6.07, 6.45) is 0. The highest BCUT2D eigenvalue weighted by Crippen LogP contribution is 2.36. The molecule has 101 valence electrons. The van der Waals surface area contributed by atoms with Crippen LogP contribution in [0.1, 0.15) is 17.0 Å². The molecule has 1 nitrogen and oxygen atoms in total. The van der Waals surface area contributed by atoms with Crippen molar-refractivity contribution in [3.05, 3.63) is 90.8 Å². The first-order valence-electron chi connectivity index (χ1n) is 7.13. The molecule has 1 atom stereocenters. The Morgan fingerprint density at radius 3 is 2.29 bits per heavy atom. The van der Waals surface area contributed by atoms with Crippen LogP contribution in [0.2, 0.25) is 0 Å². The molecule has 0 amide bonds. The predicted molar refractivity (Wildman–Crippen MR) is 87.4 cm³/mol. The van der Waals surface area contributed by atoms with Gasteiger partial charge in [0.2, 0.25) is 0 Å². The van der Waals surface area contributed by atoms with Gasteiger partial charge in [0.25, 0.3) is 0 Å². The van der Waals surface area contributed by atoms with Gasteiger partial charge in [-0.2, -0.15) is 0 Å². The predicted octanol–water partition coefficient (Wildman–Crippen LogP) is 5.55. The Labute approximate surface area is 123 Å². The van der Waals surface area contributed by atoms with Gasteiger partial charge in [0.05, 0.1) is 0 Å². The molecule has 0 saturated heterocycles. The van der Waals surface area contributed by atoms with Gasteiger partial charge in [-0.05, 0) is 30.2 Å². The second kappa shape index (κ2) is 4.78. The molecule has 0 bridgehead atoms. The average Bonchev–Trinajstić information content (AvgIpc) is 2.93. The van der Waals surface area contributed by atoms with Crippen molar-refractivity contribution in [1.82, 2.24) is 0 Å². The molecule has 0 spiro atoms. The van der Waals surface area contributed by atoms with Gasteiger partial charge < -0.3 is 4.42 Å². The van der Waals surface area contributed by atoms with E-state index in [4.69, 9.17) is 4.42 Å². The minimum atomic E-state index is 0.0934. The lowest BCUT2D eigenvalue weighted by Gasteiger charge is -2.13. The van der Waals surface area contributed by atoms with Gasteiger partial charge in [0.1, 0.15) is 11.2 Å². The highest BCUT2D eigenvalue weighted by atomic mass is 16.3. The molecule has 1 heterocycles. The first-order chi connectivity index (χ1) is 10.3. The zero-order chi connectivity index (χ0) is 14.2. The van der Waals surface area contributed by atoms with E-state index in [1.165, 1.54) is 16.5 Å². The zero-order valence-electron chi connectivity index (χ0n) is 11.6. The smallest absolute Gasteiger partial charge is 0.135 e. The molecule has 4 rings (SSSR count). The second-order valence-electron chi connectivity index (χ2n) is 5.28. The van der Waals surface area contributed by atoms with Gasteiger partial charge in [-0.1, -0.05) is 60.7 Å². The molecule has 1 unspecified atom stereocenters. The third kappa shape index (κ3) is 1.93. The summed E-state index contributed by atoms with van der Waals surface area (Å²) < 4.78 is 5.95. The van der Waals surface area contributed by atoms with Crippen LogP contribution >= 0.6 is 0 Å². The van der Waals surface area contributed by atoms with E-state index in [2.05, 4.69) is 49.4 Å². The number of fused-ring (bicyclic) bond motifs is 3. The van der Waals surface area contributed by atoms with Crippen LogP contribution in [0.3, 0.4) is 0 Å². The molecule has 0 aliphatic carbocycles. The monoisotopic (exact) mass is 271 g/mol. The van der Waals surface area contributed by atoms with Gasteiger partial charge in [-0.3, -0.25) is 0 Å². The normalized spacial score (nSPS) is 12.8. The molecular formula is C20H15O. The summed E-state index contributed by atoms with van der Waals surface area (Å²) in [5.74, 6) is 0.0934. The minimum Gasteiger partial charge on any atom is -0.456 e. The van der Waals surface area contributed by atoms with Crippen molar-refractivity contribution in [2.45, 2.75) is 5.92 Å². The fourth-order valence-corrected chi connectivity index (χ4v) is 2.96. The molecule has 0 N–H and O–H groups in total. The first-order valence-corrected chi connectivity index (χ1v) is 7.13. The van der Waals surface area contributed by atoms with Gasteiger partial charge in [0, 0.05) is 16.7 Å². The lowest BCUT2D eigenvalue weighted by atomic mass is 9.90. The molecule has 4 aromatic rings. The molecule has 1 radical (unpaired) electrons. The highest BCUT2D eigenvalue weighted by molar-refractivity contribution is 6.07. The standard InChI is InChI=1S/C20H15O/c1-14(15-8-3-2-4-9-15)16-11-7-13-19-20(16)17-10-5-6-12-18(17)21-19/h2-14H,1H2. The van der Waals surface area contributed by atoms with Crippen LogP contribution in [0.15, 0.2) is 77.2 Å². The molecule has 3 aromatic carbocycles. The SMILES string of the molecule is [CH2]C(c1ccccc1)c1cccc2oc3ccccc3c12. The average molecular weight is 271 g/mol. The molecule has 1 heteroatoms. The number of hydrogen-bond acceptors (Lipinski definition) is 1. The lowest BCUT2D eigenvalue weighted by Crippen LogP contribution is -1.96. The second-order valence-corrected chi connectivity index (χ2v) is 5.28. The summed E-state index contributed by atoms with van der Waals surface area (Å²) in [6, 6.07) is 24.8. The lowest BCUT2D eigenvalue weighted by molar-refractivity contribution is 0.668. The zero-order valence-corrected chi connectivity index (χ0v) is 11.6. The van der Waals surface area contributed by atoms with Crippen molar-refractivity contribution in [3.8, 4) is 0 Å². The quantitative estimate of drug-likeness (QED) is 0.465. The summed E-state index contributed by atoms with van der Waals surface area (Å²) >= 11 is 0. The Hall–Kier alpha value is -2.54. The summed E-state index contributed by atoms with van der Waals surface area (Å²) in [5, 5.41) is 2.34. The van der Waals surface area contributed by atoms with Crippen LogP contribution in [0.25, 0.3) is 21.9 Å². The molecule has 0 aliphatic heterocycles. The van der Waals surface area contributed by atoms with E-state index in [9.17, 15) is 0 Å². The summed E-state index contributed by atoms with van der Waals surface area (Å²) in [7, 11) is 0. The molecule has 0 aliphatic rings. The Morgan fingerprint density at radius 1 is 0.714 bits per heavy atom. The number of hydrogen-bond donors (Lipinski definition) is 0. The van der Waals surface area contributed by atoms with E-state index in [1.807, 2.05) is 30.3 Å². The van der Waals surface area contributed by atoms with Crippen LogP contribution in [0.4, 0.5) is 0 Å². The summed E-state index contributed by atoms with van der Waals surface area (Å²) in [4.78, 5) is 0. The molecule has 0 saturated carbocycles. The molecule has 21 heavy (non-hydrogen) atoms. The molecular weight excluding hydrogens is 256 g/mol. The Bertz CT molecular complexity index is 903. The minimum absolute atomic E-state index is 0.0934. The number of para-hydroxylation sites is 1. The summed E-state index contributed by atoms with van der Waals surface area (Å²) in [5.41, 5.74) is 4.29. The summed E-state index contributed by atoms with van der Waals surface area (Å²) in [6.45, 7) is 4.37. The maximum Gasteiger partial charge on any atom is 0.135 e. The van der Waals surface area contributed by atoms with Crippen molar-refractivity contribution in [2.75, 3.05) is 0 Å². The highest BCUT2D eigenvalue weighted by Gasteiger charge is 2.16. The molecule has 0 fully saturated rings. The topological polar surface area (TPSA) is 13.1 Å². The van der Waals surface area contributed by atoms with Crippen LogP contribution in [-0.2, 0) is 0 Å². The molecule has 1 aromatic heterocycles. The van der Waals surface area contributed by atoms with Crippen LogP contribution in [0.5, 0.6) is 0 Å². The van der Waals surface area contributed by atoms with Crippen LogP contribution in [-0.4, -0.2) is 0 Å². The van der Waals surface area contributed by atoms with E-state index in [0.717, 1.165) is 16.6 Å². The van der Waals surface area contributed by atoms with E-state index in [1.54, 1.807) is 0 Å². The van der Waals surface area contributed by atoms with Crippen molar-refractivity contribution < 1.29 is 4.42 Å². The number of benzene rings is 3.